The third-order valence-corrected chi connectivity index (χ3v) is 4.15. The first-order valence-corrected chi connectivity index (χ1v) is 6.68. The monoisotopic (exact) mass is 230 g/mol. The molecule has 1 N–H and O–H groups in total. The molecule has 3 nitrogen and oxygen atoms in total. The van der Waals surface area contributed by atoms with Crippen LogP contribution in [0.2, 0.25) is 0 Å². The first-order chi connectivity index (χ1) is 6.90. The Labute approximate surface area is 92.3 Å². The first-order valence-electron chi connectivity index (χ1n) is 4.64. The minimum absolute atomic E-state index is 0.448. The van der Waals surface area contributed by atoms with Gasteiger partial charge in [-0.1, -0.05) is 0 Å². The van der Waals surface area contributed by atoms with Crippen LogP contribution >= 0.6 is 23.1 Å². The lowest BCUT2D eigenvalue weighted by molar-refractivity contribution is 0.182. The molecular formula is C9H14N2OS2. The highest BCUT2D eigenvalue weighted by Crippen LogP contribution is 2.24. The number of hydrogen-bond donors (Lipinski definition) is 1. The summed E-state index contributed by atoms with van der Waals surface area (Å²) < 4.78 is 5.05. The summed E-state index contributed by atoms with van der Waals surface area (Å²) >= 11 is 3.72. The Morgan fingerprint density at radius 3 is 3.36 bits per heavy atom. The summed E-state index contributed by atoms with van der Waals surface area (Å²) in [6, 6.07) is 0.448. The van der Waals surface area contributed by atoms with Gasteiger partial charge < -0.3 is 10.1 Å². The van der Waals surface area contributed by atoms with Crippen molar-refractivity contribution >= 4 is 23.1 Å². The molecule has 2 heterocycles. The van der Waals surface area contributed by atoms with Gasteiger partial charge in [0, 0.05) is 30.5 Å². The van der Waals surface area contributed by atoms with Crippen LogP contribution in [0.5, 0.6) is 0 Å². The number of methoxy groups -OCH3 is 1. The van der Waals surface area contributed by atoms with Crippen molar-refractivity contribution in [3.8, 4) is 0 Å². The van der Waals surface area contributed by atoms with Gasteiger partial charge in [-0.05, 0) is 0 Å². The number of rotatable bonds is 3. The second kappa shape index (κ2) is 5.11. The molecular weight excluding hydrogens is 216 g/mol. The Morgan fingerprint density at radius 2 is 2.64 bits per heavy atom. The molecule has 1 aliphatic heterocycles. The van der Waals surface area contributed by atoms with Crippen LogP contribution < -0.4 is 5.32 Å². The number of thiazole rings is 1. The number of hydrogen-bond acceptors (Lipinski definition) is 5. The number of nitrogens with one attached hydrogen (secondary N) is 1. The highest BCUT2D eigenvalue weighted by Gasteiger charge is 2.17. The molecule has 78 valence electrons. The molecule has 0 bridgehead atoms. The van der Waals surface area contributed by atoms with Crippen molar-refractivity contribution in [2.45, 2.75) is 12.6 Å². The Hall–Kier alpha value is -0.100. The van der Waals surface area contributed by atoms with E-state index in [1.807, 2.05) is 11.8 Å². The van der Waals surface area contributed by atoms with Crippen molar-refractivity contribution in [2.24, 2.45) is 0 Å². The van der Waals surface area contributed by atoms with Gasteiger partial charge in [0.2, 0.25) is 0 Å². The molecule has 0 amide bonds. The van der Waals surface area contributed by atoms with E-state index < -0.39 is 0 Å². The lowest BCUT2D eigenvalue weighted by atomic mass is 10.3. The minimum atomic E-state index is 0.448. The fourth-order valence-electron chi connectivity index (χ4n) is 1.42. The standard InChI is InChI=1S/C9H14N2OS2/c1-12-4-7-5-14-9(11-7)8-6-13-3-2-10-8/h5,8,10H,2-4,6H2,1H3. The lowest BCUT2D eigenvalue weighted by Gasteiger charge is -2.20. The minimum Gasteiger partial charge on any atom is -0.378 e. The van der Waals surface area contributed by atoms with Crippen LogP contribution in [0.1, 0.15) is 16.7 Å². The van der Waals surface area contributed by atoms with Gasteiger partial charge in [-0.25, -0.2) is 4.98 Å². The highest BCUT2D eigenvalue weighted by molar-refractivity contribution is 7.99. The molecule has 2 rings (SSSR count). The van der Waals surface area contributed by atoms with Gasteiger partial charge in [0.25, 0.3) is 0 Å². The van der Waals surface area contributed by atoms with E-state index in [-0.39, 0.29) is 0 Å². The lowest BCUT2D eigenvalue weighted by Crippen LogP contribution is -2.30. The Balaban J connectivity index is 2.00. The number of thioether (sulfide) groups is 1. The number of ether oxygens (including phenoxy) is 1. The summed E-state index contributed by atoms with van der Waals surface area (Å²) in [5.41, 5.74) is 1.05. The fourth-order valence-corrected chi connectivity index (χ4v) is 3.35. The maximum Gasteiger partial charge on any atom is 0.111 e. The van der Waals surface area contributed by atoms with E-state index in [4.69, 9.17) is 4.74 Å². The number of aromatic nitrogens is 1. The summed E-state index contributed by atoms with van der Waals surface area (Å²) in [5.74, 6) is 2.35. The van der Waals surface area contributed by atoms with Crippen LogP contribution in [0.4, 0.5) is 0 Å². The van der Waals surface area contributed by atoms with Crippen molar-refractivity contribution in [3.05, 3.63) is 16.1 Å². The van der Waals surface area contributed by atoms with E-state index in [1.165, 1.54) is 10.8 Å². The molecule has 0 radical (unpaired) electrons. The SMILES string of the molecule is COCc1csc(C2CSCCN2)n1. The number of nitrogens with zero attached hydrogens (tertiary/aromatic N) is 1. The van der Waals surface area contributed by atoms with Gasteiger partial charge in [-0.15, -0.1) is 11.3 Å². The third-order valence-electron chi connectivity index (χ3n) is 2.08. The predicted molar refractivity (Wildman–Crippen MR) is 60.9 cm³/mol. The molecule has 0 saturated carbocycles. The van der Waals surface area contributed by atoms with Crippen molar-refractivity contribution in [1.29, 1.82) is 0 Å². The molecule has 1 fully saturated rings. The van der Waals surface area contributed by atoms with Crippen LogP contribution in [0.3, 0.4) is 0 Å². The smallest absolute Gasteiger partial charge is 0.111 e. The fraction of sp³-hybridized carbons (Fsp3) is 0.667. The maximum atomic E-state index is 5.05. The Morgan fingerprint density at radius 1 is 1.71 bits per heavy atom. The van der Waals surface area contributed by atoms with Gasteiger partial charge in [0.15, 0.2) is 0 Å². The first kappa shape index (κ1) is 10.4. The van der Waals surface area contributed by atoms with E-state index in [0.29, 0.717) is 12.6 Å². The molecule has 14 heavy (non-hydrogen) atoms. The van der Waals surface area contributed by atoms with Crippen LogP contribution in [-0.2, 0) is 11.3 Å². The summed E-state index contributed by atoms with van der Waals surface area (Å²) in [5, 5.41) is 6.76. The highest BCUT2D eigenvalue weighted by atomic mass is 32.2. The van der Waals surface area contributed by atoms with Crippen LogP contribution in [0.15, 0.2) is 5.38 Å². The molecule has 1 saturated heterocycles. The average Bonchev–Trinajstić information content (AvgIpc) is 2.68. The van der Waals surface area contributed by atoms with E-state index >= 15 is 0 Å². The molecule has 5 heteroatoms. The average molecular weight is 230 g/mol. The summed E-state index contributed by atoms with van der Waals surface area (Å²) in [7, 11) is 1.70. The molecule has 0 aliphatic carbocycles. The zero-order valence-electron chi connectivity index (χ0n) is 8.16. The van der Waals surface area contributed by atoms with Crippen LogP contribution in [0, 0.1) is 0 Å². The summed E-state index contributed by atoms with van der Waals surface area (Å²) in [6.45, 7) is 1.71. The Kier molecular flexibility index (Phi) is 3.81. The second-order valence-electron chi connectivity index (χ2n) is 3.19. The van der Waals surface area contributed by atoms with Crippen LogP contribution in [0.25, 0.3) is 0 Å². The maximum absolute atomic E-state index is 5.05. The molecule has 1 aromatic heterocycles. The zero-order valence-corrected chi connectivity index (χ0v) is 9.79. The van der Waals surface area contributed by atoms with Gasteiger partial charge in [-0.2, -0.15) is 11.8 Å². The van der Waals surface area contributed by atoms with E-state index in [1.54, 1.807) is 18.4 Å². The van der Waals surface area contributed by atoms with Crippen molar-refractivity contribution in [2.75, 3.05) is 25.2 Å². The summed E-state index contributed by atoms with van der Waals surface area (Å²) in [4.78, 5) is 4.54. The van der Waals surface area contributed by atoms with Crippen molar-refractivity contribution in [3.63, 3.8) is 0 Å². The quantitative estimate of drug-likeness (QED) is 0.856. The molecule has 1 unspecified atom stereocenters. The summed E-state index contributed by atoms with van der Waals surface area (Å²) in [6.07, 6.45) is 0. The zero-order chi connectivity index (χ0) is 9.80. The molecule has 0 aromatic carbocycles. The van der Waals surface area contributed by atoms with Gasteiger partial charge >= 0.3 is 0 Å². The van der Waals surface area contributed by atoms with Crippen LogP contribution in [-0.4, -0.2) is 30.1 Å². The predicted octanol–water partition coefficient (Wildman–Crippen LogP) is 1.67. The molecule has 0 spiro atoms. The van der Waals surface area contributed by atoms with E-state index in [0.717, 1.165) is 18.0 Å². The molecule has 1 aromatic rings. The van der Waals surface area contributed by atoms with Gasteiger partial charge in [0.05, 0.1) is 18.3 Å². The van der Waals surface area contributed by atoms with E-state index in [9.17, 15) is 0 Å². The molecule has 1 aliphatic rings. The molecule has 1 atom stereocenters. The Bertz CT molecular complexity index is 284. The second-order valence-corrected chi connectivity index (χ2v) is 5.23. The normalized spacial score (nSPS) is 22.5. The van der Waals surface area contributed by atoms with Gasteiger partial charge in [-0.3, -0.25) is 0 Å². The topological polar surface area (TPSA) is 34.1 Å². The van der Waals surface area contributed by atoms with Crippen molar-refractivity contribution < 1.29 is 4.74 Å². The van der Waals surface area contributed by atoms with Crippen molar-refractivity contribution in [1.82, 2.24) is 10.3 Å². The largest absolute Gasteiger partial charge is 0.378 e. The van der Waals surface area contributed by atoms with Gasteiger partial charge in [0.1, 0.15) is 5.01 Å². The third kappa shape index (κ3) is 2.48. The van der Waals surface area contributed by atoms with E-state index in [2.05, 4.69) is 15.7 Å².